The molecule has 0 aromatic heterocycles. The van der Waals surface area contributed by atoms with Gasteiger partial charge in [0.25, 0.3) is 0 Å². The molecule has 1 fully saturated rings. The van der Waals surface area contributed by atoms with E-state index in [0.717, 1.165) is 44.9 Å². The summed E-state index contributed by atoms with van der Waals surface area (Å²) in [6.45, 7) is 6.18. The van der Waals surface area contributed by atoms with E-state index in [1.54, 1.807) is 0 Å². The van der Waals surface area contributed by atoms with E-state index in [4.69, 9.17) is 0 Å². The zero-order valence-electron chi connectivity index (χ0n) is 17.4. The van der Waals surface area contributed by atoms with Gasteiger partial charge < -0.3 is 9.84 Å². The van der Waals surface area contributed by atoms with Gasteiger partial charge in [-0.2, -0.15) is 0 Å². The topological polar surface area (TPSA) is 63.6 Å². The number of methoxy groups -OCH3 is 1. The lowest BCUT2D eigenvalue weighted by atomic mass is 9.94. The molecule has 0 saturated heterocycles. The number of unbranched alkanes of at least 4 members (excludes halogenated alkanes) is 4. The average molecular weight is 369 g/mol. The zero-order chi connectivity index (χ0) is 19.8. The highest BCUT2D eigenvalue weighted by Crippen LogP contribution is 2.24. The molecule has 0 spiro atoms. The third kappa shape index (κ3) is 14.1. The number of hydrogen-bond acceptors (Lipinski definition) is 4. The first-order chi connectivity index (χ1) is 12.3. The van der Waals surface area contributed by atoms with Crippen molar-refractivity contribution in [3.63, 3.8) is 0 Å². The van der Waals surface area contributed by atoms with Crippen LogP contribution in [0.25, 0.3) is 0 Å². The van der Waals surface area contributed by atoms with E-state index in [9.17, 15) is 14.7 Å². The van der Waals surface area contributed by atoms with Crippen LogP contribution < -0.4 is 0 Å². The lowest BCUT2D eigenvalue weighted by Gasteiger charge is -2.21. The third-order valence-electron chi connectivity index (χ3n) is 4.78. The molecular formula is C22H40O4. The van der Waals surface area contributed by atoms with Crippen molar-refractivity contribution in [2.75, 3.05) is 7.11 Å². The van der Waals surface area contributed by atoms with E-state index in [-0.39, 0.29) is 5.97 Å². The summed E-state index contributed by atoms with van der Waals surface area (Å²) in [7, 11) is 1.43. The fourth-order valence-corrected chi connectivity index (χ4v) is 2.98. The molecule has 0 aliphatic heterocycles. The molecule has 1 aliphatic rings. The van der Waals surface area contributed by atoms with Crippen molar-refractivity contribution >= 4 is 11.8 Å². The van der Waals surface area contributed by atoms with Crippen LogP contribution >= 0.6 is 0 Å². The zero-order valence-corrected chi connectivity index (χ0v) is 17.4. The number of aliphatic hydroxyl groups is 1. The Morgan fingerprint density at radius 3 is 2.46 bits per heavy atom. The van der Waals surface area contributed by atoms with Crippen molar-refractivity contribution in [2.24, 2.45) is 5.92 Å². The van der Waals surface area contributed by atoms with E-state index >= 15 is 0 Å². The monoisotopic (exact) mass is 368 g/mol. The molecule has 4 heteroatoms. The first-order valence-corrected chi connectivity index (χ1v) is 10.3. The molecule has 0 amide bonds. The summed E-state index contributed by atoms with van der Waals surface area (Å²) < 4.78 is 4.49. The molecule has 0 radical (unpaired) electrons. The standard InChI is InChI=1S/C14H24O2.C8H16O2/c1-3-4-9-14(2,16)10-5-6-12-7-8-13(15)11-12;1-3-4-5-6-7-8(9)10-2/h5-6,12,16H,3-4,7-11H2,1-2H3;3-7H2,1-2H3/b6-5+;/t12-,14?;/m1./s1. The van der Waals surface area contributed by atoms with Crippen molar-refractivity contribution in [1.29, 1.82) is 0 Å². The largest absolute Gasteiger partial charge is 0.469 e. The van der Waals surface area contributed by atoms with Crippen molar-refractivity contribution in [3.8, 4) is 0 Å². The Balaban J connectivity index is 0.000000541. The van der Waals surface area contributed by atoms with Crippen molar-refractivity contribution in [2.45, 2.75) is 103 Å². The van der Waals surface area contributed by atoms with Crippen LogP contribution in [0.5, 0.6) is 0 Å². The number of ether oxygens (including phenoxy) is 1. The molecule has 0 bridgehead atoms. The maximum Gasteiger partial charge on any atom is 0.305 e. The number of ketones is 1. The van der Waals surface area contributed by atoms with Gasteiger partial charge in [-0.05, 0) is 38.5 Å². The van der Waals surface area contributed by atoms with E-state index in [1.165, 1.54) is 20.0 Å². The highest BCUT2D eigenvalue weighted by molar-refractivity contribution is 5.80. The number of carbonyl (C=O) groups is 2. The molecule has 1 aliphatic carbocycles. The minimum Gasteiger partial charge on any atom is -0.469 e. The Kier molecular flexibility index (Phi) is 14.3. The molecule has 2 atom stereocenters. The summed E-state index contributed by atoms with van der Waals surface area (Å²) in [5, 5.41) is 10.1. The molecular weight excluding hydrogens is 328 g/mol. The number of allylic oxidation sites excluding steroid dienone is 1. The average Bonchev–Trinajstić information content (AvgIpc) is 3.02. The Morgan fingerprint density at radius 1 is 1.23 bits per heavy atom. The Morgan fingerprint density at radius 2 is 1.92 bits per heavy atom. The Hall–Kier alpha value is -1.16. The van der Waals surface area contributed by atoms with Gasteiger partial charge in [0.1, 0.15) is 5.78 Å². The predicted octanol–water partition coefficient (Wildman–Crippen LogP) is 5.37. The van der Waals surface area contributed by atoms with Gasteiger partial charge in [0.15, 0.2) is 0 Å². The number of Topliss-reactive ketones (excluding diaryl/α,β-unsaturated/α-hetero) is 1. The van der Waals surface area contributed by atoms with Gasteiger partial charge in [0.2, 0.25) is 0 Å². The fourth-order valence-electron chi connectivity index (χ4n) is 2.98. The fraction of sp³-hybridized carbons (Fsp3) is 0.818. The summed E-state index contributed by atoms with van der Waals surface area (Å²) in [5.74, 6) is 0.720. The first kappa shape index (κ1) is 24.8. The van der Waals surface area contributed by atoms with Crippen LogP contribution in [0.3, 0.4) is 0 Å². The maximum atomic E-state index is 11.1. The van der Waals surface area contributed by atoms with Gasteiger partial charge in [0, 0.05) is 19.3 Å². The Labute approximate surface area is 160 Å². The van der Waals surface area contributed by atoms with E-state index in [0.29, 0.717) is 31.0 Å². The molecule has 4 nitrogen and oxygen atoms in total. The van der Waals surface area contributed by atoms with E-state index in [2.05, 4.69) is 30.7 Å². The normalized spacial score (nSPS) is 19.1. The number of esters is 1. The van der Waals surface area contributed by atoms with Crippen LogP contribution in [0, 0.1) is 5.92 Å². The summed E-state index contributed by atoms with van der Waals surface area (Å²) >= 11 is 0. The lowest BCUT2D eigenvalue weighted by Crippen LogP contribution is -2.22. The number of carbonyl (C=O) groups excluding carboxylic acids is 2. The Bertz CT molecular complexity index is 412. The smallest absolute Gasteiger partial charge is 0.305 e. The van der Waals surface area contributed by atoms with Crippen LogP contribution in [0.15, 0.2) is 12.2 Å². The van der Waals surface area contributed by atoms with Crippen molar-refractivity contribution in [1.82, 2.24) is 0 Å². The summed E-state index contributed by atoms with van der Waals surface area (Å²) in [4.78, 5) is 21.6. The van der Waals surface area contributed by atoms with E-state index < -0.39 is 5.60 Å². The van der Waals surface area contributed by atoms with Crippen LogP contribution in [-0.2, 0) is 14.3 Å². The first-order valence-electron chi connectivity index (χ1n) is 10.3. The van der Waals surface area contributed by atoms with Gasteiger partial charge in [-0.15, -0.1) is 0 Å². The molecule has 0 aromatic rings. The lowest BCUT2D eigenvalue weighted by molar-refractivity contribution is -0.140. The molecule has 152 valence electrons. The number of rotatable bonds is 11. The summed E-state index contributed by atoms with van der Waals surface area (Å²) in [5.41, 5.74) is -0.574. The molecule has 1 unspecified atom stereocenters. The second kappa shape index (κ2) is 15.0. The SMILES string of the molecule is CCCCC(C)(O)C/C=C/[C@@H]1CCC(=O)C1.CCCCCCC(=O)OC. The molecule has 1 rings (SSSR count). The third-order valence-corrected chi connectivity index (χ3v) is 4.78. The van der Waals surface area contributed by atoms with E-state index in [1.807, 2.05) is 6.92 Å². The van der Waals surface area contributed by atoms with Crippen LogP contribution in [0.1, 0.15) is 97.8 Å². The van der Waals surface area contributed by atoms with Crippen molar-refractivity contribution < 1.29 is 19.4 Å². The van der Waals surface area contributed by atoms with Crippen LogP contribution in [-0.4, -0.2) is 29.6 Å². The number of hydrogen-bond donors (Lipinski definition) is 1. The highest BCUT2D eigenvalue weighted by atomic mass is 16.5. The highest BCUT2D eigenvalue weighted by Gasteiger charge is 2.21. The van der Waals surface area contributed by atoms with Gasteiger partial charge in [-0.25, -0.2) is 0 Å². The molecule has 0 heterocycles. The molecule has 26 heavy (non-hydrogen) atoms. The summed E-state index contributed by atoms with van der Waals surface area (Å²) in [6, 6.07) is 0. The maximum absolute atomic E-state index is 11.1. The predicted molar refractivity (Wildman–Crippen MR) is 107 cm³/mol. The van der Waals surface area contributed by atoms with Gasteiger partial charge in [-0.1, -0.05) is 58.1 Å². The van der Waals surface area contributed by atoms with Gasteiger partial charge in [0.05, 0.1) is 12.7 Å². The van der Waals surface area contributed by atoms with Crippen LogP contribution in [0.4, 0.5) is 0 Å². The molecule has 1 saturated carbocycles. The quantitative estimate of drug-likeness (QED) is 0.302. The second-order valence-corrected chi connectivity index (χ2v) is 7.66. The second-order valence-electron chi connectivity index (χ2n) is 7.66. The molecule has 0 aromatic carbocycles. The van der Waals surface area contributed by atoms with Gasteiger partial charge >= 0.3 is 5.97 Å². The molecule has 1 N–H and O–H groups in total. The van der Waals surface area contributed by atoms with Crippen LogP contribution in [0.2, 0.25) is 0 Å². The minimum absolute atomic E-state index is 0.0869. The van der Waals surface area contributed by atoms with Crippen molar-refractivity contribution in [3.05, 3.63) is 12.2 Å². The minimum atomic E-state index is -0.574. The van der Waals surface area contributed by atoms with Gasteiger partial charge in [-0.3, -0.25) is 9.59 Å². The summed E-state index contributed by atoms with van der Waals surface area (Å²) in [6.07, 6.45) is 15.5.